The van der Waals surface area contributed by atoms with Crippen molar-refractivity contribution in [1.29, 1.82) is 0 Å². The Hall–Kier alpha value is -0.960. The molecule has 3 heteroatoms. The molecule has 86 valence electrons. The van der Waals surface area contributed by atoms with Gasteiger partial charge in [0, 0.05) is 17.1 Å². The fourth-order valence-electron chi connectivity index (χ4n) is 1.99. The van der Waals surface area contributed by atoms with E-state index in [1.165, 1.54) is 10.5 Å². The van der Waals surface area contributed by atoms with E-state index in [1.807, 2.05) is 24.8 Å². The van der Waals surface area contributed by atoms with Crippen LogP contribution in [0.25, 0.3) is 0 Å². The second-order valence-corrected chi connectivity index (χ2v) is 5.18. The molecule has 0 saturated carbocycles. The van der Waals surface area contributed by atoms with Gasteiger partial charge in [-0.15, -0.1) is 11.8 Å². The Bertz CT molecular complexity index is 378. The largest absolute Gasteiger partial charge is 0.349 e. The molecule has 2 nitrogen and oxygen atoms in total. The summed E-state index contributed by atoms with van der Waals surface area (Å²) in [6, 6.07) is 8.58. The normalized spacial score (nSPS) is 18.9. The zero-order valence-corrected chi connectivity index (χ0v) is 10.3. The standard InChI is InChI=1S/C13H17NOS/c1-2-5-13(15)14-11-8-9-16-12-7-4-3-6-10(11)12/h3-4,6-7,11H,2,5,8-9H2,1H3,(H,14,15). The van der Waals surface area contributed by atoms with E-state index in [9.17, 15) is 4.79 Å². The molecule has 1 N–H and O–H groups in total. The first-order chi connectivity index (χ1) is 7.81. The Morgan fingerprint density at radius 1 is 1.50 bits per heavy atom. The Morgan fingerprint density at radius 3 is 3.12 bits per heavy atom. The smallest absolute Gasteiger partial charge is 0.220 e. The van der Waals surface area contributed by atoms with Crippen molar-refractivity contribution in [1.82, 2.24) is 5.32 Å². The molecule has 2 rings (SSSR count). The summed E-state index contributed by atoms with van der Waals surface area (Å²) in [4.78, 5) is 12.9. The van der Waals surface area contributed by atoms with Crippen LogP contribution in [-0.4, -0.2) is 11.7 Å². The lowest BCUT2D eigenvalue weighted by atomic mass is 10.0. The molecule has 1 unspecified atom stereocenters. The van der Waals surface area contributed by atoms with Crippen molar-refractivity contribution in [2.24, 2.45) is 0 Å². The molecule has 1 amide bonds. The Balaban J connectivity index is 2.10. The molecule has 0 radical (unpaired) electrons. The van der Waals surface area contributed by atoms with Gasteiger partial charge in [0.15, 0.2) is 0 Å². The van der Waals surface area contributed by atoms with Gasteiger partial charge < -0.3 is 5.32 Å². The Labute approximate surface area is 101 Å². The summed E-state index contributed by atoms with van der Waals surface area (Å²) in [5, 5.41) is 3.12. The number of fused-ring (bicyclic) bond motifs is 1. The molecule has 1 aromatic carbocycles. The summed E-state index contributed by atoms with van der Waals surface area (Å²) in [6.07, 6.45) is 2.58. The zero-order chi connectivity index (χ0) is 11.4. The summed E-state index contributed by atoms with van der Waals surface area (Å²) in [7, 11) is 0. The van der Waals surface area contributed by atoms with Crippen LogP contribution in [0.1, 0.15) is 37.8 Å². The number of benzene rings is 1. The third-order valence-electron chi connectivity index (χ3n) is 2.77. The minimum absolute atomic E-state index is 0.175. The van der Waals surface area contributed by atoms with Gasteiger partial charge in [0.25, 0.3) is 0 Å². The molecule has 1 aliphatic heterocycles. The molecular formula is C13H17NOS. The zero-order valence-electron chi connectivity index (χ0n) is 9.53. The maximum atomic E-state index is 11.6. The molecule has 0 aromatic heterocycles. The lowest BCUT2D eigenvalue weighted by Gasteiger charge is -2.25. The first-order valence-corrected chi connectivity index (χ1v) is 6.81. The summed E-state index contributed by atoms with van der Waals surface area (Å²) in [5.41, 5.74) is 1.28. The molecule has 0 aliphatic carbocycles. The topological polar surface area (TPSA) is 29.1 Å². The van der Waals surface area contributed by atoms with Crippen LogP contribution in [0.4, 0.5) is 0 Å². The number of hydrogen-bond donors (Lipinski definition) is 1. The van der Waals surface area contributed by atoms with Gasteiger partial charge in [-0.1, -0.05) is 25.1 Å². The van der Waals surface area contributed by atoms with E-state index < -0.39 is 0 Å². The molecule has 1 atom stereocenters. The van der Waals surface area contributed by atoms with Crippen LogP contribution in [0.2, 0.25) is 0 Å². The van der Waals surface area contributed by atoms with Crippen LogP contribution in [-0.2, 0) is 4.79 Å². The first kappa shape index (κ1) is 11.5. The van der Waals surface area contributed by atoms with Gasteiger partial charge in [-0.05, 0) is 24.5 Å². The van der Waals surface area contributed by atoms with E-state index in [-0.39, 0.29) is 11.9 Å². The van der Waals surface area contributed by atoms with Crippen LogP contribution in [0.3, 0.4) is 0 Å². The van der Waals surface area contributed by atoms with Crippen LogP contribution < -0.4 is 5.32 Å². The molecule has 0 fully saturated rings. The Morgan fingerprint density at radius 2 is 2.31 bits per heavy atom. The average molecular weight is 235 g/mol. The van der Waals surface area contributed by atoms with Gasteiger partial charge >= 0.3 is 0 Å². The highest BCUT2D eigenvalue weighted by Crippen LogP contribution is 2.35. The van der Waals surface area contributed by atoms with Gasteiger partial charge in [0.1, 0.15) is 0 Å². The Kier molecular flexibility index (Phi) is 3.88. The van der Waals surface area contributed by atoms with Crippen LogP contribution in [0.5, 0.6) is 0 Å². The van der Waals surface area contributed by atoms with E-state index in [4.69, 9.17) is 0 Å². The maximum absolute atomic E-state index is 11.6. The molecular weight excluding hydrogens is 218 g/mol. The molecule has 1 aromatic rings. The van der Waals surface area contributed by atoms with Crippen molar-refractivity contribution in [2.75, 3.05) is 5.75 Å². The molecule has 1 aliphatic rings. The third-order valence-corrected chi connectivity index (χ3v) is 3.89. The van der Waals surface area contributed by atoms with Gasteiger partial charge in [-0.2, -0.15) is 0 Å². The average Bonchev–Trinajstić information content (AvgIpc) is 2.30. The minimum Gasteiger partial charge on any atom is -0.349 e. The molecule has 0 bridgehead atoms. The number of carbonyl (C=O) groups is 1. The van der Waals surface area contributed by atoms with E-state index in [0.29, 0.717) is 6.42 Å². The highest BCUT2D eigenvalue weighted by Gasteiger charge is 2.21. The highest BCUT2D eigenvalue weighted by atomic mass is 32.2. The predicted octanol–water partition coefficient (Wildman–Crippen LogP) is 3.14. The minimum atomic E-state index is 0.175. The number of carbonyl (C=O) groups excluding carboxylic acids is 1. The van der Waals surface area contributed by atoms with Crippen molar-refractivity contribution in [2.45, 2.75) is 37.1 Å². The highest BCUT2D eigenvalue weighted by molar-refractivity contribution is 7.99. The number of amides is 1. The van der Waals surface area contributed by atoms with E-state index in [2.05, 4.69) is 23.5 Å². The predicted molar refractivity (Wildman–Crippen MR) is 67.6 cm³/mol. The number of rotatable bonds is 3. The molecule has 0 saturated heterocycles. The van der Waals surface area contributed by atoms with Crippen LogP contribution >= 0.6 is 11.8 Å². The lowest BCUT2D eigenvalue weighted by molar-refractivity contribution is -0.121. The van der Waals surface area contributed by atoms with Gasteiger partial charge in [0.2, 0.25) is 5.91 Å². The van der Waals surface area contributed by atoms with Gasteiger partial charge in [-0.25, -0.2) is 0 Å². The third kappa shape index (κ3) is 2.59. The maximum Gasteiger partial charge on any atom is 0.220 e. The number of nitrogens with one attached hydrogen (secondary N) is 1. The molecule has 0 spiro atoms. The van der Waals surface area contributed by atoms with Crippen molar-refractivity contribution < 1.29 is 4.79 Å². The van der Waals surface area contributed by atoms with Gasteiger partial charge in [-0.3, -0.25) is 4.79 Å². The quantitative estimate of drug-likeness (QED) is 0.872. The van der Waals surface area contributed by atoms with E-state index >= 15 is 0 Å². The van der Waals surface area contributed by atoms with Crippen molar-refractivity contribution >= 4 is 17.7 Å². The van der Waals surface area contributed by atoms with E-state index in [0.717, 1.165) is 18.6 Å². The van der Waals surface area contributed by atoms with Crippen LogP contribution in [0.15, 0.2) is 29.2 Å². The number of hydrogen-bond acceptors (Lipinski definition) is 2. The summed E-state index contributed by atoms with van der Waals surface area (Å²) >= 11 is 1.88. The van der Waals surface area contributed by atoms with Gasteiger partial charge in [0.05, 0.1) is 6.04 Å². The second kappa shape index (κ2) is 5.39. The monoisotopic (exact) mass is 235 g/mol. The number of thioether (sulfide) groups is 1. The molecule has 1 heterocycles. The fourth-order valence-corrected chi connectivity index (χ4v) is 3.11. The fraction of sp³-hybridized carbons (Fsp3) is 0.462. The molecule has 16 heavy (non-hydrogen) atoms. The summed E-state index contributed by atoms with van der Waals surface area (Å²) in [6.45, 7) is 2.03. The van der Waals surface area contributed by atoms with Crippen molar-refractivity contribution in [3.8, 4) is 0 Å². The van der Waals surface area contributed by atoms with E-state index in [1.54, 1.807) is 0 Å². The summed E-state index contributed by atoms with van der Waals surface area (Å²) in [5.74, 6) is 1.27. The summed E-state index contributed by atoms with van der Waals surface area (Å²) < 4.78 is 0. The second-order valence-electron chi connectivity index (χ2n) is 4.05. The van der Waals surface area contributed by atoms with Crippen molar-refractivity contribution in [3.05, 3.63) is 29.8 Å². The van der Waals surface area contributed by atoms with Crippen molar-refractivity contribution in [3.63, 3.8) is 0 Å². The SMILES string of the molecule is CCCC(=O)NC1CCSc2ccccc21. The first-order valence-electron chi connectivity index (χ1n) is 5.82. The lowest BCUT2D eigenvalue weighted by Crippen LogP contribution is -2.30. The van der Waals surface area contributed by atoms with Crippen LogP contribution in [0, 0.1) is 0 Å².